The molecule has 1 aromatic rings. The highest BCUT2D eigenvalue weighted by Gasteiger charge is 2.36. The van der Waals surface area contributed by atoms with Gasteiger partial charge in [0.15, 0.2) is 11.6 Å². The molecule has 3 rings (SSSR count). The normalized spacial score (nSPS) is 19.0. The van der Waals surface area contributed by atoms with E-state index in [1.165, 1.54) is 0 Å². The molecule has 0 amide bonds. The SMILES string of the molecule is O=C1CCC(O)=C1C(/C=C/c1ccccc1)C1=C(O)CCC1=O. The Balaban J connectivity index is 2.03. The van der Waals surface area contributed by atoms with Crippen molar-refractivity contribution in [3.63, 3.8) is 0 Å². The van der Waals surface area contributed by atoms with E-state index in [-0.39, 0.29) is 47.1 Å². The van der Waals surface area contributed by atoms with E-state index in [0.29, 0.717) is 12.8 Å². The van der Waals surface area contributed by atoms with Crippen LogP contribution in [0.15, 0.2) is 59.1 Å². The summed E-state index contributed by atoms with van der Waals surface area (Å²) in [4.78, 5) is 24.3. The molecule has 0 heterocycles. The highest BCUT2D eigenvalue weighted by Crippen LogP contribution is 2.37. The van der Waals surface area contributed by atoms with Crippen molar-refractivity contribution >= 4 is 17.6 Å². The molecule has 118 valence electrons. The molecule has 0 fully saturated rings. The zero-order valence-corrected chi connectivity index (χ0v) is 12.7. The highest BCUT2D eigenvalue weighted by molar-refractivity contribution is 6.05. The van der Waals surface area contributed by atoms with Crippen LogP contribution in [0.4, 0.5) is 0 Å². The van der Waals surface area contributed by atoms with Crippen LogP contribution in [0.1, 0.15) is 31.2 Å². The van der Waals surface area contributed by atoms with Gasteiger partial charge in [0, 0.05) is 42.7 Å². The number of benzene rings is 1. The van der Waals surface area contributed by atoms with Gasteiger partial charge in [0.05, 0.1) is 0 Å². The van der Waals surface area contributed by atoms with E-state index < -0.39 is 5.92 Å². The van der Waals surface area contributed by atoms with Crippen LogP contribution in [0.5, 0.6) is 0 Å². The number of carbonyl (C=O) groups excluding carboxylic acids is 2. The number of aliphatic hydroxyl groups excluding tert-OH is 2. The first-order valence-corrected chi connectivity index (χ1v) is 7.71. The van der Waals surface area contributed by atoms with E-state index in [2.05, 4.69) is 0 Å². The van der Waals surface area contributed by atoms with Gasteiger partial charge in [-0.25, -0.2) is 0 Å². The maximum atomic E-state index is 12.1. The Hall–Kier alpha value is -2.62. The molecule has 0 saturated carbocycles. The van der Waals surface area contributed by atoms with Crippen LogP contribution >= 0.6 is 0 Å². The minimum absolute atomic E-state index is 0.0257. The van der Waals surface area contributed by atoms with Crippen LogP contribution < -0.4 is 0 Å². The molecule has 0 aromatic heterocycles. The van der Waals surface area contributed by atoms with Gasteiger partial charge in [-0.1, -0.05) is 42.5 Å². The van der Waals surface area contributed by atoms with Crippen molar-refractivity contribution in [2.75, 3.05) is 0 Å². The zero-order chi connectivity index (χ0) is 16.4. The standard InChI is InChI=1S/C19H18O4/c20-14-8-9-15(21)18(14)13(19-16(22)10-11-17(19)23)7-6-12-4-2-1-3-5-12/h1-7,13,20,22H,8-11H2/b7-6+. The molecular weight excluding hydrogens is 292 g/mol. The summed E-state index contributed by atoms with van der Waals surface area (Å²) < 4.78 is 0. The maximum absolute atomic E-state index is 12.1. The van der Waals surface area contributed by atoms with Gasteiger partial charge >= 0.3 is 0 Å². The Labute approximate surface area is 134 Å². The van der Waals surface area contributed by atoms with E-state index in [0.717, 1.165) is 5.56 Å². The summed E-state index contributed by atoms with van der Waals surface area (Å²) in [6.07, 6.45) is 4.62. The minimum atomic E-state index is -0.680. The van der Waals surface area contributed by atoms with Crippen LogP contribution in [0.25, 0.3) is 6.08 Å². The Morgan fingerprint density at radius 2 is 1.35 bits per heavy atom. The average Bonchev–Trinajstić information content (AvgIpc) is 3.05. The summed E-state index contributed by atoms with van der Waals surface area (Å²) >= 11 is 0. The number of ketones is 2. The van der Waals surface area contributed by atoms with Gasteiger partial charge < -0.3 is 10.2 Å². The van der Waals surface area contributed by atoms with Gasteiger partial charge in [0.2, 0.25) is 0 Å². The maximum Gasteiger partial charge on any atom is 0.163 e. The summed E-state index contributed by atoms with van der Waals surface area (Å²) in [7, 11) is 0. The summed E-state index contributed by atoms with van der Waals surface area (Å²) in [6, 6.07) is 9.50. The third-order valence-corrected chi connectivity index (χ3v) is 4.30. The molecule has 0 saturated heterocycles. The predicted molar refractivity (Wildman–Crippen MR) is 86.8 cm³/mol. The van der Waals surface area contributed by atoms with Gasteiger partial charge in [-0.2, -0.15) is 0 Å². The molecule has 4 nitrogen and oxygen atoms in total. The number of carbonyl (C=O) groups is 2. The Morgan fingerprint density at radius 3 is 1.78 bits per heavy atom. The second-order valence-electron chi connectivity index (χ2n) is 5.81. The molecule has 2 aliphatic rings. The van der Waals surface area contributed by atoms with E-state index in [4.69, 9.17) is 0 Å². The summed E-state index contributed by atoms with van der Waals surface area (Å²) in [5, 5.41) is 20.1. The number of aliphatic hydroxyl groups is 2. The monoisotopic (exact) mass is 310 g/mol. The molecule has 0 aliphatic heterocycles. The van der Waals surface area contributed by atoms with Crippen molar-refractivity contribution in [2.45, 2.75) is 25.7 Å². The van der Waals surface area contributed by atoms with E-state index in [9.17, 15) is 19.8 Å². The summed E-state index contributed by atoms with van der Waals surface area (Å²) in [5.41, 5.74) is 1.41. The lowest BCUT2D eigenvalue weighted by molar-refractivity contribution is -0.115. The first-order chi connectivity index (χ1) is 11.1. The molecule has 2 N–H and O–H groups in total. The predicted octanol–water partition coefficient (Wildman–Crippen LogP) is 3.67. The lowest BCUT2D eigenvalue weighted by Gasteiger charge is -2.15. The third kappa shape index (κ3) is 2.97. The lowest BCUT2D eigenvalue weighted by Crippen LogP contribution is -2.16. The fraction of sp³-hybridized carbons (Fsp3) is 0.263. The molecule has 23 heavy (non-hydrogen) atoms. The van der Waals surface area contributed by atoms with Crippen LogP contribution in [-0.4, -0.2) is 21.8 Å². The lowest BCUT2D eigenvalue weighted by atomic mass is 9.87. The quantitative estimate of drug-likeness (QED) is 0.890. The van der Waals surface area contributed by atoms with Gasteiger partial charge in [-0.05, 0) is 5.56 Å². The van der Waals surface area contributed by atoms with Crippen molar-refractivity contribution in [1.29, 1.82) is 0 Å². The van der Waals surface area contributed by atoms with Crippen LogP contribution in [0, 0.1) is 5.92 Å². The molecule has 0 unspecified atom stereocenters. The first kappa shape index (κ1) is 15.3. The Kier molecular flexibility index (Phi) is 4.15. The zero-order valence-electron chi connectivity index (χ0n) is 12.7. The molecule has 2 aliphatic carbocycles. The van der Waals surface area contributed by atoms with Crippen molar-refractivity contribution in [3.8, 4) is 0 Å². The van der Waals surface area contributed by atoms with Crippen molar-refractivity contribution in [2.24, 2.45) is 5.92 Å². The fourth-order valence-corrected chi connectivity index (χ4v) is 3.14. The first-order valence-electron chi connectivity index (χ1n) is 7.71. The van der Waals surface area contributed by atoms with E-state index in [1.807, 2.05) is 36.4 Å². The van der Waals surface area contributed by atoms with Gasteiger partial charge in [0.1, 0.15) is 11.5 Å². The number of rotatable bonds is 4. The van der Waals surface area contributed by atoms with Crippen LogP contribution in [0.2, 0.25) is 0 Å². The molecule has 0 spiro atoms. The number of hydrogen-bond donors (Lipinski definition) is 2. The number of hydrogen-bond acceptors (Lipinski definition) is 4. The number of allylic oxidation sites excluding steroid dienone is 5. The van der Waals surface area contributed by atoms with Gasteiger partial charge in [-0.3, -0.25) is 9.59 Å². The molecule has 4 heteroatoms. The Bertz CT molecular complexity index is 698. The highest BCUT2D eigenvalue weighted by atomic mass is 16.3. The Morgan fingerprint density at radius 1 is 0.826 bits per heavy atom. The molecular formula is C19H18O4. The molecule has 0 bridgehead atoms. The smallest absolute Gasteiger partial charge is 0.163 e. The van der Waals surface area contributed by atoms with E-state index >= 15 is 0 Å². The minimum Gasteiger partial charge on any atom is -0.512 e. The average molecular weight is 310 g/mol. The van der Waals surface area contributed by atoms with Crippen molar-refractivity contribution in [3.05, 3.63) is 64.6 Å². The van der Waals surface area contributed by atoms with Crippen LogP contribution in [-0.2, 0) is 9.59 Å². The van der Waals surface area contributed by atoms with Crippen molar-refractivity contribution in [1.82, 2.24) is 0 Å². The molecule has 1 aromatic carbocycles. The molecule has 0 radical (unpaired) electrons. The van der Waals surface area contributed by atoms with Crippen LogP contribution in [0.3, 0.4) is 0 Å². The van der Waals surface area contributed by atoms with E-state index in [1.54, 1.807) is 6.08 Å². The van der Waals surface area contributed by atoms with Gasteiger partial charge in [-0.15, -0.1) is 0 Å². The summed E-state index contributed by atoms with van der Waals surface area (Å²) in [5.74, 6) is -0.953. The summed E-state index contributed by atoms with van der Waals surface area (Å²) in [6.45, 7) is 0. The van der Waals surface area contributed by atoms with Crippen molar-refractivity contribution < 1.29 is 19.8 Å². The van der Waals surface area contributed by atoms with Gasteiger partial charge in [0.25, 0.3) is 0 Å². The second-order valence-corrected chi connectivity index (χ2v) is 5.81. The molecule has 0 atom stereocenters. The fourth-order valence-electron chi connectivity index (χ4n) is 3.14. The third-order valence-electron chi connectivity index (χ3n) is 4.30. The largest absolute Gasteiger partial charge is 0.512 e. The number of Topliss-reactive ketones (excluding diaryl/α,β-unsaturated/α-hetero) is 2. The topological polar surface area (TPSA) is 74.6 Å². The second kappa shape index (κ2) is 6.24.